The van der Waals surface area contributed by atoms with Crippen molar-refractivity contribution in [1.82, 2.24) is 10.0 Å². The summed E-state index contributed by atoms with van der Waals surface area (Å²) in [6.07, 6.45) is 4.30. The van der Waals surface area contributed by atoms with Gasteiger partial charge in [0.15, 0.2) is 0 Å². The lowest BCUT2D eigenvalue weighted by Crippen LogP contribution is -2.41. The molecule has 0 spiro atoms. The lowest BCUT2D eigenvalue weighted by Gasteiger charge is -2.15. The van der Waals surface area contributed by atoms with Gasteiger partial charge in [0, 0.05) is 17.3 Å². The number of hydrogen-bond donors (Lipinski definition) is 3. The van der Waals surface area contributed by atoms with E-state index in [4.69, 9.17) is 0 Å². The van der Waals surface area contributed by atoms with E-state index in [9.17, 15) is 18.0 Å². The van der Waals surface area contributed by atoms with Gasteiger partial charge < -0.3 is 10.6 Å². The first-order chi connectivity index (χ1) is 13.8. The van der Waals surface area contributed by atoms with Crippen LogP contribution >= 0.6 is 0 Å². The van der Waals surface area contributed by atoms with E-state index in [0.29, 0.717) is 11.3 Å². The third-order valence-electron chi connectivity index (χ3n) is 4.88. The van der Waals surface area contributed by atoms with Gasteiger partial charge in [-0.25, -0.2) is 8.42 Å². The first-order valence-corrected chi connectivity index (χ1v) is 11.1. The molecular formula is C21H25N3O4S. The lowest BCUT2D eigenvalue weighted by molar-refractivity contribution is -0.117. The molecule has 1 fully saturated rings. The molecular weight excluding hydrogens is 390 g/mol. The summed E-state index contributed by atoms with van der Waals surface area (Å²) in [6.45, 7) is 1.47. The van der Waals surface area contributed by atoms with E-state index in [1.807, 2.05) is 0 Å². The van der Waals surface area contributed by atoms with Gasteiger partial charge in [-0.2, -0.15) is 4.72 Å². The summed E-state index contributed by atoms with van der Waals surface area (Å²) >= 11 is 0. The minimum atomic E-state index is -3.79. The Morgan fingerprint density at radius 2 is 1.59 bits per heavy atom. The molecule has 0 saturated heterocycles. The standard InChI is InChI=1S/C21H25N3O4S/c1-15(24-29(27,28)19-9-3-2-4-10-19)20(25)22-18-13-11-16(12-14-18)21(26)23-17-7-5-6-8-17/h2-4,9-15,17,24H,5-8H2,1H3,(H,22,25)(H,23,26)/t15-/m0/s1. The number of nitrogens with one attached hydrogen (secondary N) is 3. The highest BCUT2D eigenvalue weighted by Gasteiger charge is 2.22. The zero-order valence-corrected chi connectivity index (χ0v) is 17.0. The summed E-state index contributed by atoms with van der Waals surface area (Å²) in [6, 6.07) is 13.7. The molecule has 0 bridgehead atoms. The minimum Gasteiger partial charge on any atom is -0.349 e. The molecule has 0 aliphatic heterocycles. The summed E-state index contributed by atoms with van der Waals surface area (Å²) in [5.41, 5.74) is 1.01. The van der Waals surface area contributed by atoms with Gasteiger partial charge in [-0.3, -0.25) is 9.59 Å². The predicted octanol–water partition coefficient (Wildman–Crippen LogP) is 2.66. The summed E-state index contributed by atoms with van der Waals surface area (Å²) < 4.78 is 27.0. The topological polar surface area (TPSA) is 104 Å². The van der Waals surface area contributed by atoms with Crippen molar-refractivity contribution in [3.05, 3.63) is 60.2 Å². The summed E-state index contributed by atoms with van der Waals surface area (Å²) in [7, 11) is -3.79. The van der Waals surface area contributed by atoms with E-state index in [1.54, 1.807) is 42.5 Å². The van der Waals surface area contributed by atoms with Gasteiger partial charge in [-0.05, 0) is 56.2 Å². The van der Waals surface area contributed by atoms with Gasteiger partial charge in [0.25, 0.3) is 5.91 Å². The summed E-state index contributed by atoms with van der Waals surface area (Å²) in [5.74, 6) is -0.619. The normalized spacial score (nSPS) is 15.6. The van der Waals surface area contributed by atoms with Crippen molar-refractivity contribution in [2.45, 2.75) is 49.6 Å². The van der Waals surface area contributed by atoms with E-state index in [0.717, 1.165) is 25.7 Å². The molecule has 2 aromatic carbocycles. The summed E-state index contributed by atoms with van der Waals surface area (Å²) in [4.78, 5) is 24.7. The molecule has 8 heteroatoms. The van der Waals surface area contributed by atoms with Crippen LogP contribution in [0.1, 0.15) is 43.0 Å². The van der Waals surface area contributed by atoms with Gasteiger partial charge in [0.2, 0.25) is 15.9 Å². The largest absolute Gasteiger partial charge is 0.349 e. The fraction of sp³-hybridized carbons (Fsp3) is 0.333. The average Bonchev–Trinajstić information content (AvgIpc) is 3.22. The number of carbonyl (C=O) groups is 2. The Morgan fingerprint density at radius 1 is 0.966 bits per heavy atom. The van der Waals surface area contributed by atoms with Crippen molar-refractivity contribution >= 4 is 27.5 Å². The molecule has 0 heterocycles. The zero-order chi connectivity index (χ0) is 20.9. The number of benzene rings is 2. The second-order valence-electron chi connectivity index (χ2n) is 7.18. The van der Waals surface area contributed by atoms with Crippen LogP contribution in [-0.2, 0) is 14.8 Å². The van der Waals surface area contributed by atoms with Crippen molar-refractivity contribution in [2.24, 2.45) is 0 Å². The molecule has 1 saturated carbocycles. The first-order valence-electron chi connectivity index (χ1n) is 9.64. The molecule has 2 aromatic rings. The third kappa shape index (κ3) is 5.65. The SMILES string of the molecule is C[C@H](NS(=O)(=O)c1ccccc1)C(=O)Nc1ccc(C(=O)NC2CCCC2)cc1. The molecule has 0 unspecified atom stereocenters. The van der Waals surface area contributed by atoms with Crippen molar-refractivity contribution in [3.63, 3.8) is 0 Å². The van der Waals surface area contributed by atoms with Crippen LogP contribution in [-0.4, -0.2) is 32.3 Å². The highest BCUT2D eigenvalue weighted by molar-refractivity contribution is 7.89. The second-order valence-corrected chi connectivity index (χ2v) is 8.89. The Labute approximate surface area is 171 Å². The zero-order valence-electron chi connectivity index (χ0n) is 16.2. The molecule has 154 valence electrons. The van der Waals surface area contributed by atoms with Crippen LogP contribution in [0.2, 0.25) is 0 Å². The molecule has 0 radical (unpaired) electrons. The molecule has 3 N–H and O–H groups in total. The van der Waals surface area contributed by atoms with Gasteiger partial charge >= 0.3 is 0 Å². The Hall–Kier alpha value is -2.71. The molecule has 0 aromatic heterocycles. The number of rotatable bonds is 7. The quantitative estimate of drug-likeness (QED) is 0.647. The van der Waals surface area contributed by atoms with Crippen LogP contribution in [0.15, 0.2) is 59.5 Å². The fourth-order valence-electron chi connectivity index (χ4n) is 3.25. The first kappa shape index (κ1) is 21.0. The smallest absolute Gasteiger partial charge is 0.251 e. The van der Waals surface area contributed by atoms with Gasteiger partial charge in [0.05, 0.1) is 10.9 Å². The lowest BCUT2D eigenvalue weighted by atomic mass is 10.1. The van der Waals surface area contributed by atoms with E-state index < -0.39 is 22.0 Å². The molecule has 1 aliphatic rings. The van der Waals surface area contributed by atoms with Gasteiger partial charge in [-0.1, -0.05) is 31.0 Å². The van der Waals surface area contributed by atoms with Crippen molar-refractivity contribution in [2.75, 3.05) is 5.32 Å². The van der Waals surface area contributed by atoms with Crippen LogP contribution in [0.5, 0.6) is 0 Å². The van der Waals surface area contributed by atoms with Crippen LogP contribution in [0.3, 0.4) is 0 Å². The number of hydrogen-bond acceptors (Lipinski definition) is 4. The van der Waals surface area contributed by atoms with Crippen molar-refractivity contribution < 1.29 is 18.0 Å². The molecule has 7 nitrogen and oxygen atoms in total. The second kappa shape index (κ2) is 9.19. The number of carbonyl (C=O) groups excluding carboxylic acids is 2. The maximum absolute atomic E-state index is 12.4. The average molecular weight is 416 g/mol. The molecule has 3 rings (SSSR count). The summed E-state index contributed by atoms with van der Waals surface area (Å²) in [5, 5.41) is 5.67. The van der Waals surface area contributed by atoms with Gasteiger partial charge in [0.1, 0.15) is 0 Å². The van der Waals surface area contributed by atoms with Crippen LogP contribution in [0.4, 0.5) is 5.69 Å². The Bertz CT molecular complexity index is 953. The predicted molar refractivity (Wildman–Crippen MR) is 111 cm³/mol. The monoisotopic (exact) mass is 415 g/mol. The minimum absolute atomic E-state index is 0.0947. The number of anilines is 1. The van der Waals surface area contributed by atoms with E-state index in [1.165, 1.54) is 19.1 Å². The molecule has 1 atom stereocenters. The van der Waals surface area contributed by atoms with E-state index >= 15 is 0 Å². The van der Waals surface area contributed by atoms with E-state index in [-0.39, 0.29) is 16.8 Å². The van der Waals surface area contributed by atoms with Crippen molar-refractivity contribution in [1.29, 1.82) is 0 Å². The van der Waals surface area contributed by atoms with Gasteiger partial charge in [-0.15, -0.1) is 0 Å². The van der Waals surface area contributed by atoms with Crippen LogP contribution in [0, 0.1) is 0 Å². The van der Waals surface area contributed by atoms with Crippen molar-refractivity contribution in [3.8, 4) is 0 Å². The van der Waals surface area contributed by atoms with Crippen LogP contribution in [0.25, 0.3) is 0 Å². The molecule has 2 amide bonds. The Balaban J connectivity index is 1.56. The molecule has 1 aliphatic carbocycles. The maximum atomic E-state index is 12.4. The maximum Gasteiger partial charge on any atom is 0.251 e. The van der Waals surface area contributed by atoms with E-state index in [2.05, 4.69) is 15.4 Å². The van der Waals surface area contributed by atoms with Crippen LogP contribution < -0.4 is 15.4 Å². The fourth-order valence-corrected chi connectivity index (χ4v) is 4.47. The number of sulfonamides is 1. The third-order valence-corrected chi connectivity index (χ3v) is 6.44. The Kier molecular flexibility index (Phi) is 6.66. The highest BCUT2D eigenvalue weighted by atomic mass is 32.2. The molecule has 29 heavy (non-hydrogen) atoms. The Morgan fingerprint density at radius 3 is 2.21 bits per heavy atom. The highest BCUT2D eigenvalue weighted by Crippen LogP contribution is 2.18. The number of amides is 2.